The van der Waals surface area contributed by atoms with Crippen LogP contribution < -0.4 is 5.19 Å². The summed E-state index contributed by atoms with van der Waals surface area (Å²) in [5.74, 6) is 0.333. The minimum absolute atomic E-state index is 0.0946. The Balaban J connectivity index is 2.89. The van der Waals surface area contributed by atoms with E-state index in [-0.39, 0.29) is 11.7 Å². The zero-order valence-corrected chi connectivity index (χ0v) is 10.5. The molecule has 76 valence electrons. The molecule has 0 saturated carbocycles. The maximum Gasteiger partial charge on any atom is 0.165 e. The molecule has 14 heavy (non-hydrogen) atoms. The second-order valence-electron chi connectivity index (χ2n) is 4.30. The van der Waals surface area contributed by atoms with Gasteiger partial charge in [0.15, 0.2) is 5.78 Å². The monoisotopic (exact) mass is 206 g/mol. The number of hydrogen-bond donors (Lipinski definition) is 0. The SMILES string of the molecule is CC(C)C(=O)c1ccc([SiH](C)C)cc1. The molecular formula is C12H18OSi. The molecule has 0 aromatic heterocycles. The van der Waals surface area contributed by atoms with Crippen LogP contribution in [0.15, 0.2) is 24.3 Å². The van der Waals surface area contributed by atoms with Gasteiger partial charge in [0.25, 0.3) is 0 Å². The molecule has 0 spiro atoms. The summed E-state index contributed by atoms with van der Waals surface area (Å²) >= 11 is 0. The molecule has 1 nitrogen and oxygen atoms in total. The van der Waals surface area contributed by atoms with E-state index in [4.69, 9.17) is 0 Å². The average Bonchev–Trinajstić information content (AvgIpc) is 2.16. The lowest BCUT2D eigenvalue weighted by Gasteiger charge is -2.07. The van der Waals surface area contributed by atoms with E-state index >= 15 is 0 Å². The Hall–Kier alpha value is -0.893. The van der Waals surface area contributed by atoms with E-state index in [0.29, 0.717) is 0 Å². The van der Waals surface area contributed by atoms with Gasteiger partial charge in [-0.3, -0.25) is 4.79 Å². The summed E-state index contributed by atoms with van der Waals surface area (Å²) < 4.78 is 0. The number of ketones is 1. The molecule has 0 N–H and O–H groups in total. The summed E-state index contributed by atoms with van der Waals surface area (Å²) in [6, 6.07) is 8.13. The first-order chi connectivity index (χ1) is 6.52. The molecule has 0 unspecified atom stereocenters. The highest BCUT2D eigenvalue weighted by atomic mass is 28.3. The molecule has 1 rings (SSSR count). The minimum Gasteiger partial charge on any atom is -0.294 e. The summed E-state index contributed by atoms with van der Waals surface area (Å²) in [6.07, 6.45) is 0. The molecule has 0 aliphatic heterocycles. The molecule has 0 bridgehead atoms. The van der Waals surface area contributed by atoms with Gasteiger partial charge in [-0.15, -0.1) is 0 Å². The topological polar surface area (TPSA) is 17.1 Å². The van der Waals surface area contributed by atoms with Crippen molar-refractivity contribution in [2.45, 2.75) is 26.9 Å². The summed E-state index contributed by atoms with van der Waals surface area (Å²) in [5.41, 5.74) is 0.846. The van der Waals surface area contributed by atoms with Crippen LogP contribution in [0.3, 0.4) is 0 Å². The van der Waals surface area contributed by atoms with E-state index in [1.54, 1.807) is 0 Å². The molecular weight excluding hydrogens is 188 g/mol. The second kappa shape index (κ2) is 4.56. The first-order valence-electron chi connectivity index (χ1n) is 5.16. The average molecular weight is 206 g/mol. The normalized spacial score (nSPS) is 11.0. The van der Waals surface area contributed by atoms with E-state index < -0.39 is 8.80 Å². The lowest BCUT2D eigenvalue weighted by atomic mass is 10.0. The Morgan fingerprint density at radius 3 is 2.00 bits per heavy atom. The predicted molar refractivity (Wildman–Crippen MR) is 64.1 cm³/mol. The third-order valence-electron chi connectivity index (χ3n) is 2.39. The van der Waals surface area contributed by atoms with E-state index in [1.165, 1.54) is 5.19 Å². The Bertz CT molecular complexity index is 312. The minimum atomic E-state index is -0.717. The van der Waals surface area contributed by atoms with Crippen LogP contribution >= 0.6 is 0 Å². The fraction of sp³-hybridized carbons (Fsp3) is 0.417. The Morgan fingerprint density at radius 2 is 1.64 bits per heavy atom. The van der Waals surface area contributed by atoms with Crippen molar-refractivity contribution >= 4 is 19.8 Å². The van der Waals surface area contributed by atoms with Crippen LogP contribution in [0.5, 0.6) is 0 Å². The van der Waals surface area contributed by atoms with Crippen molar-refractivity contribution in [3.8, 4) is 0 Å². The molecule has 0 aliphatic rings. The van der Waals surface area contributed by atoms with Gasteiger partial charge in [0.05, 0.1) is 8.80 Å². The number of benzene rings is 1. The van der Waals surface area contributed by atoms with Gasteiger partial charge in [-0.05, 0) is 0 Å². The summed E-state index contributed by atoms with van der Waals surface area (Å²) in [6.45, 7) is 8.46. The van der Waals surface area contributed by atoms with Gasteiger partial charge in [0.1, 0.15) is 0 Å². The van der Waals surface area contributed by atoms with Gasteiger partial charge in [-0.2, -0.15) is 0 Å². The maximum absolute atomic E-state index is 11.6. The molecule has 0 atom stereocenters. The molecule has 0 fully saturated rings. The largest absolute Gasteiger partial charge is 0.294 e. The fourth-order valence-corrected chi connectivity index (χ4v) is 2.33. The van der Waals surface area contributed by atoms with E-state index in [2.05, 4.69) is 25.2 Å². The highest BCUT2D eigenvalue weighted by molar-refractivity contribution is 6.70. The van der Waals surface area contributed by atoms with Crippen molar-refractivity contribution in [1.82, 2.24) is 0 Å². The van der Waals surface area contributed by atoms with Gasteiger partial charge in [0, 0.05) is 11.5 Å². The van der Waals surface area contributed by atoms with Crippen molar-refractivity contribution in [1.29, 1.82) is 0 Å². The van der Waals surface area contributed by atoms with Gasteiger partial charge < -0.3 is 0 Å². The summed E-state index contributed by atoms with van der Waals surface area (Å²) in [5, 5.41) is 1.42. The lowest BCUT2D eigenvalue weighted by Crippen LogP contribution is -2.22. The maximum atomic E-state index is 11.6. The van der Waals surface area contributed by atoms with Crippen molar-refractivity contribution in [2.75, 3.05) is 0 Å². The first-order valence-corrected chi connectivity index (χ1v) is 8.05. The van der Waals surface area contributed by atoms with Crippen molar-refractivity contribution in [3.63, 3.8) is 0 Å². The van der Waals surface area contributed by atoms with Crippen molar-refractivity contribution < 1.29 is 4.79 Å². The van der Waals surface area contributed by atoms with Gasteiger partial charge in [-0.1, -0.05) is 56.4 Å². The van der Waals surface area contributed by atoms with Crippen LogP contribution in [0.4, 0.5) is 0 Å². The predicted octanol–water partition coefficient (Wildman–Crippen LogP) is 2.22. The van der Waals surface area contributed by atoms with Crippen molar-refractivity contribution in [3.05, 3.63) is 29.8 Å². The molecule has 0 saturated heterocycles. The number of hydrogen-bond acceptors (Lipinski definition) is 1. The van der Waals surface area contributed by atoms with Gasteiger partial charge in [0.2, 0.25) is 0 Å². The highest BCUT2D eigenvalue weighted by Gasteiger charge is 2.10. The molecule has 0 amide bonds. The lowest BCUT2D eigenvalue weighted by molar-refractivity contribution is 0.0939. The third-order valence-corrected chi connectivity index (χ3v) is 4.10. The smallest absolute Gasteiger partial charge is 0.165 e. The Labute approximate surface area is 87.8 Å². The zero-order chi connectivity index (χ0) is 10.7. The zero-order valence-electron chi connectivity index (χ0n) is 9.37. The summed E-state index contributed by atoms with van der Waals surface area (Å²) in [4.78, 5) is 11.6. The van der Waals surface area contributed by atoms with Crippen LogP contribution in [-0.4, -0.2) is 14.6 Å². The van der Waals surface area contributed by atoms with Gasteiger partial charge in [-0.25, -0.2) is 0 Å². The molecule has 1 aromatic rings. The Morgan fingerprint density at radius 1 is 1.14 bits per heavy atom. The summed E-state index contributed by atoms with van der Waals surface area (Å²) in [7, 11) is -0.717. The van der Waals surface area contributed by atoms with Crippen LogP contribution in [0.25, 0.3) is 0 Å². The van der Waals surface area contributed by atoms with E-state index in [0.717, 1.165) is 5.56 Å². The van der Waals surface area contributed by atoms with Crippen LogP contribution in [0.2, 0.25) is 13.1 Å². The van der Waals surface area contributed by atoms with E-state index in [9.17, 15) is 4.79 Å². The molecule has 2 heteroatoms. The highest BCUT2D eigenvalue weighted by Crippen LogP contribution is 2.06. The molecule has 1 aromatic carbocycles. The fourth-order valence-electron chi connectivity index (χ4n) is 1.37. The first kappa shape index (κ1) is 11.2. The number of carbonyl (C=O) groups excluding carboxylic acids is 1. The quantitative estimate of drug-likeness (QED) is 0.547. The molecule has 0 radical (unpaired) electrons. The van der Waals surface area contributed by atoms with Crippen molar-refractivity contribution in [2.24, 2.45) is 5.92 Å². The van der Waals surface area contributed by atoms with Crippen LogP contribution in [-0.2, 0) is 0 Å². The Kier molecular flexibility index (Phi) is 3.64. The number of rotatable bonds is 3. The van der Waals surface area contributed by atoms with Gasteiger partial charge >= 0.3 is 0 Å². The number of Topliss-reactive ketones (excluding diaryl/α,β-unsaturated/α-hetero) is 1. The third kappa shape index (κ3) is 2.55. The number of carbonyl (C=O) groups is 1. The molecule has 0 heterocycles. The standard InChI is InChI=1S/C12H18OSi/c1-9(2)12(13)10-5-7-11(8-6-10)14(3)4/h5-9,14H,1-4H3. The van der Waals surface area contributed by atoms with Crippen LogP contribution in [0.1, 0.15) is 24.2 Å². The van der Waals surface area contributed by atoms with Crippen LogP contribution in [0, 0.1) is 5.92 Å². The molecule has 0 aliphatic carbocycles. The second-order valence-corrected chi connectivity index (χ2v) is 7.27. The van der Waals surface area contributed by atoms with E-state index in [1.807, 2.05) is 26.0 Å².